The maximum atomic E-state index is 13.7. The first-order chi connectivity index (χ1) is 10.6. The minimum absolute atomic E-state index is 0.152. The van der Waals surface area contributed by atoms with Crippen molar-refractivity contribution in [2.24, 2.45) is 0 Å². The molecular formula is C16H17FN4O. The third-order valence-electron chi connectivity index (χ3n) is 3.75. The number of hydrogen-bond acceptors (Lipinski definition) is 3. The zero-order valence-electron chi connectivity index (χ0n) is 12.5. The summed E-state index contributed by atoms with van der Waals surface area (Å²) >= 11 is 0. The number of benzene rings is 1. The van der Waals surface area contributed by atoms with Crippen LogP contribution in [0, 0.1) is 12.7 Å². The summed E-state index contributed by atoms with van der Waals surface area (Å²) in [7, 11) is 0. The number of carbonyl (C=O) groups is 1. The van der Waals surface area contributed by atoms with Gasteiger partial charge in [0.2, 0.25) is 0 Å². The lowest BCUT2D eigenvalue weighted by Gasteiger charge is -2.29. The summed E-state index contributed by atoms with van der Waals surface area (Å²) in [6.07, 6.45) is 1.62. The van der Waals surface area contributed by atoms with Gasteiger partial charge in [0.05, 0.1) is 6.54 Å². The van der Waals surface area contributed by atoms with E-state index in [0.717, 1.165) is 11.3 Å². The number of rotatable bonds is 3. The maximum Gasteiger partial charge on any atom is 0.323 e. The van der Waals surface area contributed by atoms with Crippen molar-refractivity contribution >= 4 is 23.2 Å². The predicted octanol–water partition coefficient (Wildman–Crippen LogP) is 3.64. The number of amides is 2. The standard InChI is InChI=1S/C16H17FN4O/c1-3-21-9-12-14(6-7-18-15(12)20-16(21)22)19-11-5-4-10(2)13(17)8-11/h4-8H,3,9H2,1-2H3,(H2,18,19,20,22). The second-order valence-electron chi connectivity index (χ2n) is 5.22. The van der Waals surface area contributed by atoms with Gasteiger partial charge in [-0.3, -0.25) is 5.32 Å². The van der Waals surface area contributed by atoms with Gasteiger partial charge in [0.25, 0.3) is 0 Å². The second kappa shape index (κ2) is 5.63. The topological polar surface area (TPSA) is 57.3 Å². The second-order valence-corrected chi connectivity index (χ2v) is 5.22. The Bertz CT molecular complexity index is 732. The minimum atomic E-state index is -0.253. The summed E-state index contributed by atoms with van der Waals surface area (Å²) in [5, 5.41) is 5.97. The van der Waals surface area contributed by atoms with Crippen molar-refractivity contribution in [1.29, 1.82) is 0 Å². The lowest BCUT2D eigenvalue weighted by molar-refractivity contribution is 0.209. The summed E-state index contributed by atoms with van der Waals surface area (Å²) in [5.41, 5.74) is 2.97. The molecule has 1 aromatic carbocycles. The van der Waals surface area contributed by atoms with Gasteiger partial charge < -0.3 is 10.2 Å². The van der Waals surface area contributed by atoms with Crippen LogP contribution >= 0.6 is 0 Å². The predicted molar refractivity (Wildman–Crippen MR) is 83.8 cm³/mol. The lowest BCUT2D eigenvalue weighted by atomic mass is 10.1. The minimum Gasteiger partial charge on any atom is -0.355 e. The molecule has 114 valence electrons. The van der Waals surface area contributed by atoms with Crippen LogP contribution in [0.3, 0.4) is 0 Å². The van der Waals surface area contributed by atoms with Crippen LogP contribution in [-0.2, 0) is 6.54 Å². The fourth-order valence-corrected chi connectivity index (χ4v) is 2.40. The van der Waals surface area contributed by atoms with E-state index in [1.165, 1.54) is 6.07 Å². The molecule has 1 aromatic heterocycles. The molecule has 5 nitrogen and oxygen atoms in total. The zero-order chi connectivity index (χ0) is 15.7. The van der Waals surface area contributed by atoms with Crippen LogP contribution in [0.25, 0.3) is 0 Å². The zero-order valence-corrected chi connectivity index (χ0v) is 12.5. The van der Waals surface area contributed by atoms with Crippen LogP contribution < -0.4 is 10.6 Å². The number of hydrogen-bond donors (Lipinski definition) is 2. The van der Waals surface area contributed by atoms with Gasteiger partial charge in [-0.25, -0.2) is 14.2 Å². The molecule has 0 aliphatic carbocycles. The highest BCUT2D eigenvalue weighted by molar-refractivity contribution is 5.92. The summed E-state index contributed by atoms with van der Waals surface area (Å²) in [5.74, 6) is 0.295. The smallest absolute Gasteiger partial charge is 0.323 e. The number of aryl methyl sites for hydroxylation is 1. The number of carbonyl (C=O) groups excluding carboxylic acids is 1. The van der Waals surface area contributed by atoms with Crippen molar-refractivity contribution in [2.75, 3.05) is 17.2 Å². The van der Waals surface area contributed by atoms with Gasteiger partial charge in [-0.1, -0.05) is 6.07 Å². The Kier molecular flexibility index (Phi) is 3.66. The number of urea groups is 1. The molecule has 2 amide bonds. The fourth-order valence-electron chi connectivity index (χ4n) is 2.40. The Morgan fingerprint density at radius 2 is 2.23 bits per heavy atom. The molecule has 0 bridgehead atoms. The van der Waals surface area contributed by atoms with E-state index in [0.29, 0.717) is 30.2 Å². The SMILES string of the molecule is CCN1Cc2c(Nc3ccc(C)c(F)c3)ccnc2NC1=O. The number of anilines is 3. The third-order valence-corrected chi connectivity index (χ3v) is 3.75. The Balaban J connectivity index is 1.93. The van der Waals surface area contributed by atoms with E-state index < -0.39 is 0 Å². The number of aromatic nitrogens is 1. The van der Waals surface area contributed by atoms with Crippen LogP contribution in [-0.4, -0.2) is 22.5 Å². The first-order valence-electron chi connectivity index (χ1n) is 7.15. The van der Waals surface area contributed by atoms with Gasteiger partial charge in [0.15, 0.2) is 0 Å². The highest BCUT2D eigenvalue weighted by atomic mass is 19.1. The van der Waals surface area contributed by atoms with Gasteiger partial charge in [-0.15, -0.1) is 0 Å². The first-order valence-corrected chi connectivity index (χ1v) is 7.15. The maximum absolute atomic E-state index is 13.7. The largest absolute Gasteiger partial charge is 0.355 e. The van der Waals surface area contributed by atoms with Crippen molar-refractivity contribution in [3.63, 3.8) is 0 Å². The van der Waals surface area contributed by atoms with Crippen molar-refractivity contribution in [1.82, 2.24) is 9.88 Å². The molecule has 22 heavy (non-hydrogen) atoms. The van der Waals surface area contributed by atoms with E-state index >= 15 is 0 Å². The Morgan fingerprint density at radius 3 is 2.95 bits per heavy atom. The van der Waals surface area contributed by atoms with Crippen LogP contribution in [0.5, 0.6) is 0 Å². The molecule has 2 aromatic rings. The van der Waals surface area contributed by atoms with E-state index in [4.69, 9.17) is 0 Å². The Morgan fingerprint density at radius 1 is 1.41 bits per heavy atom. The van der Waals surface area contributed by atoms with Crippen molar-refractivity contribution in [3.8, 4) is 0 Å². The molecule has 6 heteroatoms. The van der Waals surface area contributed by atoms with E-state index in [-0.39, 0.29) is 11.8 Å². The van der Waals surface area contributed by atoms with Gasteiger partial charge in [-0.05, 0) is 37.6 Å². The van der Waals surface area contributed by atoms with E-state index in [1.54, 1.807) is 24.1 Å². The molecule has 0 spiro atoms. The average molecular weight is 300 g/mol. The molecule has 0 unspecified atom stereocenters. The molecule has 0 atom stereocenters. The van der Waals surface area contributed by atoms with E-state index in [1.807, 2.05) is 19.1 Å². The van der Waals surface area contributed by atoms with Crippen molar-refractivity contribution in [2.45, 2.75) is 20.4 Å². The van der Waals surface area contributed by atoms with Crippen LogP contribution in [0.2, 0.25) is 0 Å². The average Bonchev–Trinajstić information content (AvgIpc) is 2.50. The fraction of sp³-hybridized carbons (Fsp3) is 0.250. The summed E-state index contributed by atoms with van der Waals surface area (Å²) < 4.78 is 13.7. The van der Waals surface area contributed by atoms with Gasteiger partial charge in [0.1, 0.15) is 11.6 Å². The van der Waals surface area contributed by atoms with E-state index in [9.17, 15) is 9.18 Å². The number of fused-ring (bicyclic) bond motifs is 1. The monoisotopic (exact) mass is 300 g/mol. The van der Waals surface area contributed by atoms with Crippen molar-refractivity contribution in [3.05, 3.63) is 47.4 Å². The number of pyridine rings is 1. The highest BCUT2D eigenvalue weighted by Crippen LogP contribution is 2.30. The van der Waals surface area contributed by atoms with Gasteiger partial charge in [0, 0.05) is 29.7 Å². The highest BCUT2D eigenvalue weighted by Gasteiger charge is 2.24. The molecule has 1 aliphatic rings. The molecule has 0 saturated heterocycles. The molecule has 2 N–H and O–H groups in total. The van der Waals surface area contributed by atoms with Gasteiger partial charge in [-0.2, -0.15) is 0 Å². The van der Waals surface area contributed by atoms with E-state index in [2.05, 4.69) is 15.6 Å². The summed E-state index contributed by atoms with van der Waals surface area (Å²) in [6, 6.07) is 6.68. The molecule has 0 fully saturated rings. The van der Waals surface area contributed by atoms with Gasteiger partial charge >= 0.3 is 6.03 Å². The summed E-state index contributed by atoms with van der Waals surface area (Å²) in [6.45, 7) is 4.73. The first kappa shape index (κ1) is 14.3. The third kappa shape index (κ3) is 2.59. The molecule has 2 heterocycles. The Hall–Kier alpha value is -2.63. The lowest BCUT2D eigenvalue weighted by Crippen LogP contribution is -2.39. The number of halogens is 1. The van der Waals surface area contributed by atoms with Crippen LogP contribution in [0.4, 0.5) is 26.4 Å². The Labute approximate surface area is 128 Å². The number of nitrogens with zero attached hydrogens (tertiary/aromatic N) is 2. The molecule has 0 saturated carbocycles. The number of nitrogens with one attached hydrogen (secondary N) is 2. The van der Waals surface area contributed by atoms with Crippen molar-refractivity contribution < 1.29 is 9.18 Å². The normalized spacial score (nSPS) is 13.6. The molecule has 1 aliphatic heterocycles. The van der Waals surface area contributed by atoms with Crippen LogP contribution in [0.1, 0.15) is 18.1 Å². The quantitative estimate of drug-likeness (QED) is 0.910. The molecular weight excluding hydrogens is 283 g/mol. The van der Waals surface area contributed by atoms with Crippen LogP contribution in [0.15, 0.2) is 30.5 Å². The molecule has 0 radical (unpaired) electrons. The molecule has 3 rings (SSSR count). The summed E-state index contributed by atoms with van der Waals surface area (Å²) in [4.78, 5) is 17.7.